The average Bonchev–Trinajstić information content (AvgIpc) is 2.89. The third kappa shape index (κ3) is 3.52. The van der Waals surface area contributed by atoms with Crippen molar-refractivity contribution in [2.75, 3.05) is 6.61 Å². The molecule has 7 heteroatoms. The van der Waals surface area contributed by atoms with Gasteiger partial charge in [-0.2, -0.15) is 8.78 Å². The van der Waals surface area contributed by atoms with Crippen molar-refractivity contribution in [3.05, 3.63) is 24.2 Å². The highest BCUT2D eigenvalue weighted by Crippen LogP contribution is 2.36. The Hall–Kier alpha value is -1.92. The van der Waals surface area contributed by atoms with Crippen molar-refractivity contribution in [1.82, 2.24) is 0 Å². The number of carbonyl (C=O) groups excluding carboxylic acids is 2. The number of rotatable bonds is 6. The van der Waals surface area contributed by atoms with Crippen LogP contribution in [0, 0.1) is 0 Å². The van der Waals surface area contributed by atoms with Gasteiger partial charge in [0.2, 0.25) is 6.10 Å². The highest BCUT2D eigenvalue weighted by Gasteiger charge is 2.53. The normalized spacial score (nSPS) is 12.8. The summed E-state index contributed by atoms with van der Waals surface area (Å²) in [5, 5.41) is 0. The molecule has 1 aromatic heterocycles. The van der Waals surface area contributed by atoms with Crippen LogP contribution in [-0.4, -0.2) is 24.5 Å². The third-order valence-corrected chi connectivity index (χ3v) is 2.22. The summed E-state index contributed by atoms with van der Waals surface area (Å²) in [5.74, 6) is -6.97. The van der Waals surface area contributed by atoms with Crippen LogP contribution in [0.2, 0.25) is 0 Å². The third-order valence-electron chi connectivity index (χ3n) is 2.22. The maximum atomic E-state index is 13.9. The van der Waals surface area contributed by atoms with E-state index < -0.39 is 24.0 Å². The van der Waals surface area contributed by atoms with Gasteiger partial charge in [-0.25, -0.2) is 4.79 Å². The second-order valence-corrected chi connectivity index (χ2v) is 3.58. The van der Waals surface area contributed by atoms with Gasteiger partial charge in [0.15, 0.2) is 5.76 Å². The van der Waals surface area contributed by atoms with Crippen LogP contribution in [-0.2, 0) is 19.1 Å². The van der Waals surface area contributed by atoms with Gasteiger partial charge in [0.05, 0.1) is 12.9 Å². The summed E-state index contributed by atoms with van der Waals surface area (Å²) in [7, 11) is 0. The van der Waals surface area contributed by atoms with Gasteiger partial charge in [-0.15, -0.1) is 0 Å². The van der Waals surface area contributed by atoms with Gasteiger partial charge in [0.25, 0.3) is 0 Å². The number of ether oxygens (including phenoxy) is 2. The van der Waals surface area contributed by atoms with Crippen LogP contribution in [0.15, 0.2) is 22.8 Å². The van der Waals surface area contributed by atoms with Crippen molar-refractivity contribution >= 4 is 11.9 Å². The second kappa shape index (κ2) is 6.31. The van der Waals surface area contributed by atoms with Crippen molar-refractivity contribution in [2.24, 2.45) is 0 Å². The topological polar surface area (TPSA) is 65.7 Å². The molecule has 0 aromatic carbocycles. The first-order valence-electron chi connectivity index (χ1n) is 5.71. The molecule has 1 heterocycles. The first kappa shape index (κ1) is 15.1. The Balaban J connectivity index is 3.02. The van der Waals surface area contributed by atoms with E-state index in [2.05, 4.69) is 9.47 Å². The lowest BCUT2D eigenvalue weighted by Gasteiger charge is -2.23. The zero-order chi connectivity index (χ0) is 14.5. The standard InChI is InChI=1S/C12H14F2O5/c1-3-9(15)19-10(8-6-5-7-18-8)12(13,14)11(16)17-4-2/h5-7,10H,3-4H2,1-2H3/t10-/m0/s1. The first-order valence-corrected chi connectivity index (χ1v) is 5.71. The SMILES string of the molecule is CCOC(=O)C(F)(F)[C@@H](OC(=O)CC)c1ccco1. The molecule has 1 rings (SSSR count). The Bertz CT molecular complexity index is 427. The monoisotopic (exact) mass is 276 g/mol. The lowest BCUT2D eigenvalue weighted by Crippen LogP contribution is -2.39. The molecule has 1 atom stereocenters. The number of furan rings is 1. The molecule has 0 amide bonds. The van der Waals surface area contributed by atoms with Crippen LogP contribution in [0.1, 0.15) is 32.1 Å². The molecular weight excluding hydrogens is 262 g/mol. The molecule has 19 heavy (non-hydrogen) atoms. The highest BCUT2D eigenvalue weighted by molar-refractivity contribution is 5.79. The van der Waals surface area contributed by atoms with E-state index in [1.807, 2.05) is 0 Å². The summed E-state index contributed by atoms with van der Waals surface area (Å²) >= 11 is 0. The summed E-state index contributed by atoms with van der Waals surface area (Å²) in [5.41, 5.74) is 0. The van der Waals surface area contributed by atoms with Gasteiger partial charge < -0.3 is 13.9 Å². The van der Waals surface area contributed by atoms with Crippen molar-refractivity contribution in [3.8, 4) is 0 Å². The second-order valence-electron chi connectivity index (χ2n) is 3.58. The van der Waals surface area contributed by atoms with Gasteiger partial charge in [0, 0.05) is 6.42 Å². The van der Waals surface area contributed by atoms with Crippen LogP contribution in [0.5, 0.6) is 0 Å². The van der Waals surface area contributed by atoms with Crippen molar-refractivity contribution in [3.63, 3.8) is 0 Å². The summed E-state index contributed by atoms with van der Waals surface area (Å²) in [6.07, 6.45) is -1.09. The van der Waals surface area contributed by atoms with E-state index in [4.69, 9.17) is 4.42 Å². The lowest BCUT2D eigenvalue weighted by molar-refractivity contribution is -0.201. The minimum atomic E-state index is -4.02. The molecule has 0 aliphatic rings. The molecule has 5 nitrogen and oxygen atoms in total. The molecule has 0 bridgehead atoms. The molecule has 0 saturated heterocycles. The fourth-order valence-electron chi connectivity index (χ4n) is 1.30. The number of hydrogen-bond acceptors (Lipinski definition) is 5. The first-order chi connectivity index (χ1) is 8.93. The van der Waals surface area contributed by atoms with Crippen molar-refractivity contribution in [1.29, 1.82) is 0 Å². The van der Waals surface area contributed by atoms with Gasteiger partial charge >= 0.3 is 17.9 Å². The Morgan fingerprint density at radius 3 is 2.58 bits per heavy atom. The van der Waals surface area contributed by atoms with Gasteiger partial charge in [-0.05, 0) is 19.1 Å². The predicted molar refractivity (Wildman–Crippen MR) is 59.4 cm³/mol. The van der Waals surface area contributed by atoms with E-state index in [0.29, 0.717) is 0 Å². The van der Waals surface area contributed by atoms with Crippen LogP contribution in [0.4, 0.5) is 8.78 Å². The molecule has 0 aliphatic heterocycles. The Morgan fingerprint density at radius 1 is 1.42 bits per heavy atom. The van der Waals surface area contributed by atoms with E-state index in [-0.39, 0.29) is 18.8 Å². The van der Waals surface area contributed by atoms with E-state index in [1.165, 1.54) is 26.0 Å². The number of hydrogen-bond donors (Lipinski definition) is 0. The predicted octanol–water partition coefficient (Wildman–Crippen LogP) is 2.47. The molecule has 0 spiro atoms. The van der Waals surface area contributed by atoms with Crippen LogP contribution < -0.4 is 0 Å². The maximum absolute atomic E-state index is 13.9. The zero-order valence-corrected chi connectivity index (χ0v) is 10.5. The molecule has 0 radical (unpaired) electrons. The Labute approximate surface area is 108 Å². The van der Waals surface area contributed by atoms with E-state index in [1.54, 1.807) is 0 Å². The molecule has 0 fully saturated rings. The Kier molecular flexibility index (Phi) is 5.02. The number of halogens is 2. The van der Waals surface area contributed by atoms with Crippen LogP contribution in [0.3, 0.4) is 0 Å². The number of alkyl halides is 2. The fraction of sp³-hybridized carbons (Fsp3) is 0.500. The Morgan fingerprint density at radius 2 is 2.11 bits per heavy atom. The van der Waals surface area contributed by atoms with E-state index >= 15 is 0 Å². The molecular formula is C12H14F2O5. The maximum Gasteiger partial charge on any atom is 0.385 e. The molecule has 0 saturated carbocycles. The quantitative estimate of drug-likeness (QED) is 0.747. The summed E-state index contributed by atoms with van der Waals surface area (Å²) in [6.45, 7) is 2.64. The summed E-state index contributed by atoms with van der Waals surface area (Å²) in [4.78, 5) is 22.5. The molecule has 0 N–H and O–H groups in total. The van der Waals surface area contributed by atoms with Gasteiger partial charge in [-0.3, -0.25) is 4.79 Å². The fourth-order valence-corrected chi connectivity index (χ4v) is 1.30. The number of carbonyl (C=O) groups is 2. The summed E-state index contributed by atoms with van der Waals surface area (Å²) < 4.78 is 41.5. The number of esters is 2. The van der Waals surface area contributed by atoms with Crippen molar-refractivity contribution in [2.45, 2.75) is 32.3 Å². The summed E-state index contributed by atoms with van der Waals surface area (Å²) in [6, 6.07) is 2.55. The van der Waals surface area contributed by atoms with Gasteiger partial charge in [-0.1, -0.05) is 6.92 Å². The van der Waals surface area contributed by atoms with Crippen molar-refractivity contribution < 1.29 is 32.3 Å². The minimum absolute atomic E-state index is 0.101. The average molecular weight is 276 g/mol. The molecule has 0 unspecified atom stereocenters. The highest BCUT2D eigenvalue weighted by atomic mass is 19.3. The van der Waals surface area contributed by atoms with E-state index in [9.17, 15) is 18.4 Å². The van der Waals surface area contributed by atoms with Gasteiger partial charge in [0.1, 0.15) is 0 Å². The smallest absolute Gasteiger partial charge is 0.385 e. The van der Waals surface area contributed by atoms with E-state index in [0.717, 1.165) is 6.26 Å². The molecule has 106 valence electrons. The van der Waals surface area contributed by atoms with Crippen LogP contribution >= 0.6 is 0 Å². The minimum Gasteiger partial charge on any atom is -0.465 e. The lowest BCUT2D eigenvalue weighted by atomic mass is 10.1. The van der Waals surface area contributed by atoms with Crippen LogP contribution in [0.25, 0.3) is 0 Å². The molecule has 0 aliphatic carbocycles. The molecule has 1 aromatic rings. The zero-order valence-electron chi connectivity index (χ0n) is 10.5. The largest absolute Gasteiger partial charge is 0.465 e.